The topological polar surface area (TPSA) is 75.4 Å². The average Bonchev–Trinajstić information content (AvgIpc) is 2.76. The van der Waals surface area contributed by atoms with E-state index >= 15 is 0 Å². The van der Waals surface area contributed by atoms with Crippen molar-refractivity contribution in [3.05, 3.63) is 35.4 Å². The first-order valence-electron chi connectivity index (χ1n) is 7.19. The van der Waals surface area contributed by atoms with Crippen LogP contribution in [-0.2, 0) is 16.6 Å². The summed E-state index contributed by atoms with van der Waals surface area (Å²) in [5, 5.41) is 0. The molecule has 1 aromatic rings. The molecule has 0 spiro atoms. The van der Waals surface area contributed by atoms with Gasteiger partial charge in [-0.2, -0.15) is 17.4 Å². The largest absolute Gasteiger partial charge is 0.326 e. The van der Waals surface area contributed by atoms with Crippen molar-refractivity contribution in [2.45, 2.75) is 37.8 Å². The maximum atomic E-state index is 12.5. The molecule has 110 valence electrons. The number of piperidine rings is 1. The number of nitrogens with two attached hydrogens (primary N) is 1. The summed E-state index contributed by atoms with van der Waals surface area (Å²) < 4.78 is 29.3. The summed E-state index contributed by atoms with van der Waals surface area (Å²) in [6.07, 6.45) is 3.71. The highest BCUT2D eigenvalue weighted by Gasteiger charge is 2.35. The molecule has 5 nitrogen and oxygen atoms in total. The molecule has 0 bridgehead atoms. The van der Waals surface area contributed by atoms with Gasteiger partial charge in [0.05, 0.1) is 6.04 Å². The molecule has 0 saturated carbocycles. The first-order chi connectivity index (χ1) is 9.58. The summed E-state index contributed by atoms with van der Waals surface area (Å²) in [6, 6.07) is 7.38. The fourth-order valence-corrected chi connectivity index (χ4v) is 4.63. The van der Waals surface area contributed by atoms with Gasteiger partial charge in [0, 0.05) is 19.1 Å². The molecule has 0 aromatic heterocycles. The number of nitrogens with one attached hydrogen (secondary N) is 1. The Bertz CT molecular complexity index is 582. The van der Waals surface area contributed by atoms with E-state index in [0.29, 0.717) is 13.1 Å². The molecule has 6 heteroatoms. The van der Waals surface area contributed by atoms with Crippen LogP contribution in [0.5, 0.6) is 0 Å². The summed E-state index contributed by atoms with van der Waals surface area (Å²) in [4.78, 5) is 0. The van der Waals surface area contributed by atoms with Crippen LogP contribution in [0.25, 0.3) is 0 Å². The Hall–Kier alpha value is -0.950. The second-order valence-electron chi connectivity index (χ2n) is 5.63. The predicted octanol–water partition coefficient (Wildman–Crippen LogP) is 0.931. The van der Waals surface area contributed by atoms with Crippen molar-refractivity contribution in [2.75, 3.05) is 13.1 Å². The van der Waals surface area contributed by atoms with E-state index in [2.05, 4.69) is 4.72 Å². The molecule has 0 amide bonds. The molecule has 20 heavy (non-hydrogen) atoms. The Morgan fingerprint density at radius 3 is 2.60 bits per heavy atom. The Balaban J connectivity index is 1.80. The molecule has 1 heterocycles. The first-order valence-corrected chi connectivity index (χ1v) is 8.63. The zero-order valence-corrected chi connectivity index (χ0v) is 12.3. The van der Waals surface area contributed by atoms with Crippen LogP contribution in [0.4, 0.5) is 0 Å². The number of rotatable bonds is 3. The fourth-order valence-electron chi connectivity index (χ4n) is 3.12. The predicted molar refractivity (Wildman–Crippen MR) is 78.3 cm³/mol. The van der Waals surface area contributed by atoms with Crippen LogP contribution in [0.15, 0.2) is 24.3 Å². The fraction of sp³-hybridized carbons (Fsp3) is 0.571. The van der Waals surface area contributed by atoms with Gasteiger partial charge in [0.1, 0.15) is 0 Å². The zero-order valence-electron chi connectivity index (χ0n) is 11.5. The van der Waals surface area contributed by atoms with E-state index in [9.17, 15) is 8.42 Å². The van der Waals surface area contributed by atoms with Crippen LogP contribution >= 0.6 is 0 Å². The summed E-state index contributed by atoms with van der Waals surface area (Å²) in [5.74, 6) is 0. The number of fused-ring (bicyclic) bond motifs is 1. The number of hydrogen-bond acceptors (Lipinski definition) is 3. The lowest BCUT2D eigenvalue weighted by molar-refractivity contribution is 0.336. The lowest BCUT2D eigenvalue weighted by Crippen LogP contribution is -2.47. The molecule has 2 atom stereocenters. The van der Waals surface area contributed by atoms with Gasteiger partial charge in [-0.25, -0.2) is 0 Å². The van der Waals surface area contributed by atoms with Gasteiger partial charge >= 0.3 is 0 Å². The van der Waals surface area contributed by atoms with Gasteiger partial charge in [0.2, 0.25) is 0 Å². The van der Waals surface area contributed by atoms with Crippen LogP contribution in [0.2, 0.25) is 0 Å². The minimum absolute atomic E-state index is 0.188. The van der Waals surface area contributed by atoms with Crippen molar-refractivity contribution in [2.24, 2.45) is 5.73 Å². The van der Waals surface area contributed by atoms with Gasteiger partial charge in [0.15, 0.2) is 0 Å². The van der Waals surface area contributed by atoms with E-state index in [4.69, 9.17) is 5.73 Å². The van der Waals surface area contributed by atoms with E-state index in [0.717, 1.165) is 36.8 Å². The lowest BCUT2D eigenvalue weighted by Gasteiger charge is -2.28. The number of hydrogen-bond donors (Lipinski definition) is 2. The van der Waals surface area contributed by atoms with Crippen LogP contribution < -0.4 is 10.5 Å². The quantitative estimate of drug-likeness (QED) is 0.871. The maximum absolute atomic E-state index is 12.5. The highest BCUT2D eigenvalue weighted by molar-refractivity contribution is 7.87. The SMILES string of the molecule is NC1Cc2ccccc2C1NS(=O)(=O)N1CCCCC1. The standard InChI is InChI=1S/C14H21N3O2S/c15-13-10-11-6-2-3-7-12(11)14(13)16-20(18,19)17-8-4-1-5-9-17/h2-3,6-7,13-14,16H,1,4-5,8-10,15H2. The second kappa shape index (κ2) is 5.44. The van der Waals surface area contributed by atoms with Gasteiger partial charge in [-0.05, 0) is 30.4 Å². The highest BCUT2D eigenvalue weighted by Crippen LogP contribution is 2.31. The molecule has 1 fully saturated rings. The van der Waals surface area contributed by atoms with Crippen LogP contribution in [0.1, 0.15) is 36.4 Å². The summed E-state index contributed by atoms with van der Waals surface area (Å²) in [7, 11) is -3.44. The monoisotopic (exact) mass is 295 g/mol. The van der Waals surface area contributed by atoms with Crippen molar-refractivity contribution in [1.82, 2.24) is 9.03 Å². The van der Waals surface area contributed by atoms with Crippen LogP contribution in [-0.4, -0.2) is 31.9 Å². The lowest BCUT2D eigenvalue weighted by atomic mass is 10.1. The Labute approximate surface area is 120 Å². The molecule has 1 aliphatic carbocycles. The molecule has 1 saturated heterocycles. The van der Waals surface area contributed by atoms with E-state index in [-0.39, 0.29) is 12.1 Å². The minimum Gasteiger partial charge on any atom is -0.326 e. The third kappa shape index (κ3) is 2.61. The molecule has 2 aliphatic rings. The minimum atomic E-state index is -3.44. The number of benzene rings is 1. The van der Waals surface area contributed by atoms with Crippen molar-refractivity contribution >= 4 is 10.2 Å². The molecule has 0 radical (unpaired) electrons. The molecule has 3 N–H and O–H groups in total. The molecular weight excluding hydrogens is 274 g/mol. The molecule has 1 aromatic carbocycles. The highest BCUT2D eigenvalue weighted by atomic mass is 32.2. The molecule has 3 rings (SSSR count). The molecule has 2 unspecified atom stereocenters. The Morgan fingerprint density at radius 1 is 1.15 bits per heavy atom. The molecular formula is C14H21N3O2S. The summed E-state index contributed by atoms with van der Waals surface area (Å²) in [5.41, 5.74) is 8.28. The molecule has 1 aliphatic heterocycles. The van der Waals surface area contributed by atoms with E-state index in [1.54, 1.807) is 4.31 Å². The normalized spacial score (nSPS) is 27.4. The van der Waals surface area contributed by atoms with E-state index < -0.39 is 10.2 Å². The zero-order chi connectivity index (χ0) is 14.2. The Kier molecular flexibility index (Phi) is 3.81. The number of nitrogens with zero attached hydrogens (tertiary/aromatic N) is 1. The summed E-state index contributed by atoms with van der Waals surface area (Å²) >= 11 is 0. The van der Waals surface area contributed by atoms with Crippen LogP contribution in [0.3, 0.4) is 0 Å². The third-order valence-corrected chi connectivity index (χ3v) is 5.80. The van der Waals surface area contributed by atoms with Crippen LogP contribution in [0, 0.1) is 0 Å². The van der Waals surface area contributed by atoms with E-state index in [1.807, 2.05) is 24.3 Å². The third-order valence-electron chi connectivity index (χ3n) is 4.20. The van der Waals surface area contributed by atoms with Gasteiger partial charge in [0.25, 0.3) is 10.2 Å². The van der Waals surface area contributed by atoms with Crippen molar-refractivity contribution in [3.63, 3.8) is 0 Å². The first kappa shape index (κ1) is 14.0. The smallest absolute Gasteiger partial charge is 0.280 e. The second-order valence-corrected chi connectivity index (χ2v) is 7.33. The van der Waals surface area contributed by atoms with Gasteiger partial charge in [-0.3, -0.25) is 0 Å². The van der Waals surface area contributed by atoms with Crippen molar-refractivity contribution in [3.8, 4) is 0 Å². The summed E-state index contributed by atoms with van der Waals surface area (Å²) in [6.45, 7) is 1.22. The average molecular weight is 295 g/mol. The van der Waals surface area contributed by atoms with Gasteiger partial charge < -0.3 is 5.73 Å². The van der Waals surface area contributed by atoms with E-state index in [1.165, 1.54) is 0 Å². The Morgan fingerprint density at radius 2 is 1.85 bits per heavy atom. The van der Waals surface area contributed by atoms with Gasteiger partial charge in [-0.15, -0.1) is 0 Å². The van der Waals surface area contributed by atoms with Crippen molar-refractivity contribution < 1.29 is 8.42 Å². The van der Waals surface area contributed by atoms with Gasteiger partial charge in [-0.1, -0.05) is 30.7 Å². The maximum Gasteiger partial charge on any atom is 0.280 e. The van der Waals surface area contributed by atoms with Crippen molar-refractivity contribution in [1.29, 1.82) is 0 Å².